The Hall–Kier alpha value is -1.83. The summed E-state index contributed by atoms with van der Waals surface area (Å²) in [7, 11) is 0. The van der Waals surface area contributed by atoms with E-state index in [9.17, 15) is 19.5 Å². The standard InChI is InChI=1S/C13H15BrN2O5/c14-9-4-3-8(21-9)11(18)15-7-10(17)16-13(12(19)20)5-1-2-6-13/h3-4H,1-2,5-7H2,(H,15,18)(H,16,17)(H,19,20). The van der Waals surface area contributed by atoms with Crippen molar-refractivity contribution < 1.29 is 23.9 Å². The first-order chi connectivity index (χ1) is 9.93. The Labute approximate surface area is 129 Å². The number of nitrogens with one attached hydrogen (secondary N) is 2. The number of furan rings is 1. The molecule has 0 atom stereocenters. The van der Waals surface area contributed by atoms with Crippen LogP contribution in [0.2, 0.25) is 0 Å². The lowest BCUT2D eigenvalue weighted by Gasteiger charge is -2.25. The molecule has 8 heteroatoms. The number of carboxylic acids is 1. The molecule has 7 nitrogen and oxygen atoms in total. The second-order valence-electron chi connectivity index (χ2n) is 4.93. The van der Waals surface area contributed by atoms with Crippen molar-refractivity contribution in [1.29, 1.82) is 0 Å². The second-order valence-corrected chi connectivity index (χ2v) is 5.71. The van der Waals surface area contributed by atoms with Gasteiger partial charge < -0.3 is 20.2 Å². The van der Waals surface area contributed by atoms with E-state index in [1.54, 1.807) is 6.07 Å². The van der Waals surface area contributed by atoms with Crippen LogP contribution in [-0.4, -0.2) is 35.0 Å². The SMILES string of the molecule is O=C(CNC(=O)c1ccc(Br)o1)NC1(C(=O)O)CCCC1. The number of aliphatic carboxylic acids is 1. The smallest absolute Gasteiger partial charge is 0.329 e. The zero-order valence-corrected chi connectivity index (χ0v) is 12.7. The molecule has 0 aliphatic heterocycles. The summed E-state index contributed by atoms with van der Waals surface area (Å²) in [5, 5.41) is 14.1. The third kappa shape index (κ3) is 3.63. The molecular weight excluding hydrogens is 344 g/mol. The molecule has 1 aromatic rings. The maximum atomic E-state index is 11.8. The Morgan fingerprint density at radius 2 is 1.95 bits per heavy atom. The van der Waals surface area contributed by atoms with Crippen molar-refractivity contribution in [3.05, 3.63) is 22.6 Å². The van der Waals surface area contributed by atoms with E-state index < -0.39 is 23.3 Å². The number of carbonyl (C=O) groups excluding carboxylic acids is 2. The van der Waals surface area contributed by atoms with Gasteiger partial charge in [0.2, 0.25) is 5.91 Å². The number of amides is 2. The minimum absolute atomic E-state index is 0.0727. The van der Waals surface area contributed by atoms with Crippen molar-refractivity contribution in [2.75, 3.05) is 6.54 Å². The van der Waals surface area contributed by atoms with Gasteiger partial charge in [0, 0.05) is 0 Å². The highest BCUT2D eigenvalue weighted by molar-refractivity contribution is 9.10. The summed E-state index contributed by atoms with van der Waals surface area (Å²) < 4.78 is 5.46. The molecule has 0 unspecified atom stereocenters. The molecule has 2 amide bonds. The molecule has 1 aromatic heterocycles. The third-order valence-corrected chi connectivity index (χ3v) is 3.88. The zero-order valence-electron chi connectivity index (χ0n) is 11.1. The fraction of sp³-hybridized carbons (Fsp3) is 0.462. The van der Waals surface area contributed by atoms with E-state index in [1.807, 2.05) is 0 Å². The third-order valence-electron chi connectivity index (χ3n) is 3.45. The molecule has 1 heterocycles. The summed E-state index contributed by atoms with van der Waals surface area (Å²) in [6.45, 7) is -0.299. The van der Waals surface area contributed by atoms with Crippen molar-refractivity contribution in [3.63, 3.8) is 0 Å². The van der Waals surface area contributed by atoms with Crippen molar-refractivity contribution in [2.24, 2.45) is 0 Å². The Morgan fingerprint density at radius 3 is 2.48 bits per heavy atom. The highest BCUT2D eigenvalue weighted by Crippen LogP contribution is 2.29. The fourth-order valence-electron chi connectivity index (χ4n) is 2.37. The topological polar surface area (TPSA) is 109 Å². The number of carbonyl (C=O) groups is 3. The molecule has 0 radical (unpaired) electrons. The summed E-state index contributed by atoms with van der Waals surface area (Å²) >= 11 is 3.07. The van der Waals surface area contributed by atoms with Crippen molar-refractivity contribution in [3.8, 4) is 0 Å². The molecule has 1 aliphatic rings. The number of halogens is 1. The van der Waals surface area contributed by atoms with Crippen LogP contribution in [-0.2, 0) is 9.59 Å². The van der Waals surface area contributed by atoms with E-state index in [0.29, 0.717) is 17.5 Å². The maximum Gasteiger partial charge on any atom is 0.329 e. The second kappa shape index (κ2) is 6.30. The summed E-state index contributed by atoms with van der Waals surface area (Å²) in [6, 6.07) is 3.03. The van der Waals surface area contributed by atoms with Crippen molar-refractivity contribution >= 4 is 33.7 Å². The van der Waals surface area contributed by atoms with Gasteiger partial charge in [0.1, 0.15) is 5.54 Å². The van der Waals surface area contributed by atoms with Gasteiger partial charge in [-0.2, -0.15) is 0 Å². The monoisotopic (exact) mass is 358 g/mol. The summed E-state index contributed by atoms with van der Waals surface area (Å²) in [4.78, 5) is 34.8. The minimum Gasteiger partial charge on any atom is -0.480 e. The van der Waals surface area contributed by atoms with Crippen LogP contribution in [0.15, 0.2) is 21.2 Å². The van der Waals surface area contributed by atoms with Gasteiger partial charge in [-0.1, -0.05) is 12.8 Å². The van der Waals surface area contributed by atoms with Crippen molar-refractivity contribution in [1.82, 2.24) is 10.6 Å². The van der Waals surface area contributed by atoms with Crippen molar-refractivity contribution in [2.45, 2.75) is 31.2 Å². The van der Waals surface area contributed by atoms with E-state index in [-0.39, 0.29) is 12.3 Å². The zero-order chi connectivity index (χ0) is 15.5. The first-order valence-corrected chi connectivity index (χ1v) is 7.30. The molecule has 1 aliphatic carbocycles. The minimum atomic E-state index is -1.20. The predicted octanol–water partition coefficient (Wildman–Crippen LogP) is 1.29. The average molecular weight is 359 g/mol. The van der Waals surface area contributed by atoms with Crippen LogP contribution < -0.4 is 10.6 Å². The quantitative estimate of drug-likeness (QED) is 0.734. The Bertz CT molecular complexity index is 563. The van der Waals surface area contributed by atoms with Gasteiger partial charge in [0.15, 0.2) is 10.4 Å². The molecule has 0 saturated heterocycles. The Kier molecular flexibility index (Phi) is 4.66. The number of rotatable bonds is 5. The molecule has 3 N–H and O–H groups in total. The molecular formula is C13H15BrN2O5. The van der Waals surface area contributed by atoms with Gasteiger partial charge in [-0.25, -0.2) is 4.79 Å². The van der Waals surface area contributed by atoms with E-state index in [0.717, 1.165) is 12.8 Å². The molecule has 0 aromatic carbocycles. The highest BCUT2D eigenvalue weighted by atomic mass is 79.9. The Morgan fingerprint density at radius 1 is 1.29 bits per heavy atom. The van der Waals surface area contributed by atoms with Gasteiger partial charge in [0.05, 0.1) is 6.54 Å². The summed E-state index contributed by atoms with van der Waals surface area (Å²) in [5.74, 6) is -2.02. The lowest BCUT2D eigenvalue weighted by atomic mass is 9.98. The fourth-order valence-corrected chi connectivity index (χ4v) is 2.67. The van der Waals surface area contributed by atoms with Gasteiger partial charge in [-0.05, 0) is 40.9 Å². The van der Waals surface area contributed by atoms with Crippen LogP contribution in [0.5, 0.6) is 0 Å². The van der Waals surface area contributed by atoms with Crippen LogP contribution in [0.4, 0.5) is 0 Å². The summed E-state index contributed by atoms with van der Waals surface area (Å²) in [5.41, 5.74) is -1.20. The predicted molar refractivity (Wildman–Crippen MR) is 75.7 cm³/mol. The number of hydrogen-bond acceptors (Lipinski definition) is 4. The van der Waals surface area contributed by atoms with Gasteiger partial charge in [0.25, 0.3) is 5.91 Å². The summed E-state index contributed by atoms with van der Waals surface area (Å²) in [6.07, 6.45) is 2.35. The molecule has 1 fully saturated rings. The van der Waals surface area contributed by atoms with Crippen LogP contribution in [0.1, 0.15) is 36.2 Å². The first-order valence-electron chi connectivity index (χ1n) is 6.51. The first kappa shape index (κ1) is 15.6. The molecule has 114 valence electrons. The number of hydrogen-bond donors (Lipinski definition) is 3. The van der Waals surface area contributed by atoms with Gasteiger partial charge in [-0.3, -0.25) is 9.59 Å². The van der Waals surface area contributed by atoms with E-state index in [2.05, 4.69) is 26.6 Å². The molecule has 0 spiro atoms. The van der Waals surface area contributed by atoms with E-state index in [4.69, 9.17) is 4.42 Å². The maximum absolute atomic E-state index is 11.8. The number of carboxylic acid groups (broad SMARTS) is 1. The van der Waals surface area contributed by atoms with E-state index >= 15 is 0 Å². The lowest BCUT2D eigenvalue weighted by Crippen LogP contribution is -2.54. The largest absolute Gasteiger partial charge is 0.480 e. The molecule has 1 saturated carbocycles. The van der Waals surface area contributed by atoms with E-state index in [1.165, 1.54) is 6.07 Å². The van der Waals surface area contributed by atoms with Gasteiger partial charge >= 0.3 is 5.97 Å². The van der Waals surface area contributed by atoms with Crippen LogP contribution in [0.3, 0.4) is 0 Å². The van der Waals surface area contributed by atoms with Gasteiger partial charge in [-0.15, -0.1) is 0 Å². The van der Waals surface area contributed by atoms with Crippen LogP contribution in [0.25, 0.3) is 0 Å². The van der Waals surface area contributed by atoms with Crippen LogP contribution in [0, 0.1) is 0 Å². The molecule has 2 rings (SSSR count). The molecule has 0 bridgehead atoms. The van der Waals surface area contributed by atoms with Crippen LogP contribution >= 0.6 is 15.9 Å². The average Bonchev–Trinajstić information content (AvgIpc) is 3.06. The Balaban J connectivity index is 1.87. The molecule has 21 heavy (non-hydrogen) atoms. The highest BCUT2D eigenvalue weighted by Gasteiger charge is 2.42. The normalized spacial score (nSPS) is 16.4. The lowest BCUT2D eigenvalue weighted by molar-refractivity contribution is -0.147.